The van der Waals surface area contributed by atoms with E-state index in [9.17, 15) is 9.18 Å². The zero-order valence-corrected chi connectivity index (χ0v) is 18.8. The molecule has 3 aromatic rings. The van der Waals surface area contributed by atoms with Crippen molar-refractivity contribution in [3.8, 4) is 11.1 Å². The fourth-order valence-electron chi connectivity index (χ4n) is 3.41. The van der Waals surface area contributed by atoms with Gasteiger partial charge in [-0.1, -0.05) is 35.1 Å². The first-order chi connectivity index (χ1) is 14.4. The fourth-order valence-corrected chi connectivity index (χ4v) is 4.98. The van der Waals surface area contributed by atoms with Gasteiger partial charge in [-0.3, -0.25) is 14.8 Å². The van der Waals surface area contributed by atoms with Gasteiger partial charge in [0.05, 0.1) is 15.8 Å². The second kappa shape index (κ2) is 8.55. The van der Waals surface area contributed by atoms with Crippen molar-refractivity contribution in [2.75, 3.05) is 29.9 Å². The number of nitrogens with zero attached hydrogens (tertiary/aromatic N) is 3. The lowest BCUT2D eigenvalue weighted by molar-refractivity contribution is -0.122. The Kier molecular flexibility index (Phi) is 6.02. The number of carbonyl (C=O) groups excluding carboxylic acids is 1. The van der Waals surface area contributed by atoms with Gasteiger partial charge in [0.15, 0.2) is 5.13 Å². The molecule has 1 aromatic heterocycles. The van der Waals surface area contributed by atoms with Crippen molar-refractivity contribution in [1.29, 1.82) is 0 Å². The normalized spacial score (nSPS) is 14.0. The number of halogens is 2. The average Bonchev–Trinajstić information content (AvgIpc) is 3.09. The maximum Gasteiger partial charge on any atom is 0.235 e. The summed E-state index contributed by atoms with van der Waals surface area (Å²) < 4.78 is 15.0. The van der Waals surface area contributed by atoms with Gasteiger partial charge in [0.25, 0.3) is 0 Å². The van der Waals surface area contributed by atoms with E-state index in [0.29, 0.717) is 28.8 Å². The first-order valence-corrected chi connectivity index (χ1v) is 11.4. The Morgan fingerprint density at radius 1 is 1.30 bits per heavy atom. The minimum absolute atomic E-state index is 0.0474. The number of carbonyl (C=O) groups is 1. The number of hydrogen-bond acceptors (Lipinski definition) is 6. The van der Waals surface area contributed by atoms with Crippen LogP contribution in [-0.4, -0.2) is 31.0 Å². The number of amides is 1. The number of hydrogen-bond donors (Lipinski definition) is 1. The van der Waals surface area contributed by atoms with Crippen LogP contribution in [0.3, 0.4) is 0 Å². The number of thiazole rings is 1. The van der Waals surface area contributed by atoms with E-state index in [0.717, 1.165) is 33.1 Å². The number of benzene rings is 2. The van der Waals surface area contributed by atoms with E-state index >= 15 is 0 Å². The summed E-state index contributed by atoms with van der Waals surface area (Å²) in [7, 11) is 1.75. The number of nitrogens with two attached hydrogens (primary N) is 1. The van der Waals surface area contributed by atoms with Crippen molar-refractivity contribution < 1.29 is 9.18 Å². The summed E-state index contributed by atoms with van der Waals surface area (Å²) >= 11 is 8.57. The molecule has 1 saturated heterocycles. The third-order valence-electron chi connectivity index (χ3n) is 5.17. The van der Waals surface area contributed by atoms with Crippen LogP contribution in [-0.2, 0) is 4.79 Å². The van der Waals surface area contributed by atoms with E-state index in [1.165, 1.54) is 23.5 Å². The largest absolute Gasteiger partial charge is 0.370 e. The van der Waals surface area contributed by atoms with E-state index in [-0.39, 0.29) is 17.6 Å². The molecule has 0 saturated carbocycles. The molecule has 0 bridgehead atoms. The van der Waals surface area contributed by atoms with Gasteiger partial charge in [-0.25, -0.2) is 9.37 Å². The zero-order chi connectivity index (χ0) is 21.4. The SMILES string of the molecule is Cc1nc(N(C)C(=O)C2CN(c3ccc(-c4cc(Cl)ccc4F)cc3)C2)sc1SN. The van der Waals surface area contributed by atoms with Crippen molar-refractivity contribution in [1.82, 2.24) is 4.98 Å². The summed E-state index contributed by atoms with van der Waals surface area (Å²) in [4.78, 5) is 21.0. The molecule has 30 heavy (non-hydrogen) atoms. The molecule has 156 valence electrons. The van der Waals surface area contributed by atoms with Gasteiger partial charge in [0.1, 0.15) is 5.82 Å². The molecule has 1 amide bonds. The topological polar surface area (TPSA) is 62.5 Å². The van der Waals surface area contributed by atoms with Crippen molar-refractivity contribution >= 4 is 51.6 Å². The second-order valence-electron chi connectivity index (χ2n) is 7.16. The predicted octanol–water partition coefficient (Wildman–Crippen LogP) is 4.98. The molecule has 2 aromatic carbocycles. The molecular formula is C21H20ClFN4OS2. The van der Waals surface area contributed by atoms with Crippen LogP contribution in [0.4, 0.5) is 15.2 Å². The van der Waals surface area contributed by atoms with Crippen LogP contribution in [0.2, 0.25) is 5.02 Å². The van der Waals surface area contributed by atoms with Crippen molar-refractivity contribution in [2.45, 2.75) is 11.1 Å². The predicted molar refractivity (Wildman–Crippen MR) is 123 cm³/mol. The molecule has 0 atom stereocenters. The summed E-state index contributed by atoms with van der Waals surface area (Å²) in [5.74, 6) is -0.345. The van der Waals surface area contributed by atoms with Crippen molar-refractivity contribution in [2.24, 2.45) is 11.1 Å². The molecule has 0 unspecified atom stereocenters. The molecular weight excluding hydrogens is 443 g/mol. The first kappa shape index (κ1) is 21.1. The van der Waals surface area contributed by atoms with Gasteiger partial charge in [0.2, 0.25) is 5.91 Å². The molecule has 1 aliphatic heterocycles. The molecule has 0 spiro atoms. The van der Waals surface area contributed by atoms with E-state index < -0.39 is 0 Å². The Labute approximate surface area is 187 Å². The standard InChI is InChI=1S/C21H20ClFN4OS2/c1-12-20(30-24)29-21(25-12)26(2)19(28)14-10-27(11-14)16-6-3-13(4-7-16)17-9-15(22)5-8-18(17)23/h3-9,14H,10-11,24H2,1-2H3. The lowest BCUT2D eigenvalue weighted by Crippen LogP contribution is -2.54. The van der Waals surface area contributed by atoms with E-state index in [4.69, 9.17) is 16.7 Å². The van der Waals surface area contributed by atoms with E-state index in [1.807, 2.05) is 31.2 Å². The quantitative estimate of drug-likeness (QED) is 0.542. The molecule has 9 heteroatoms. The van der Waals surface area contributed by atoms with Crippen LogP contribution in [0.15, 0.2) is 46.7 Å². The average molecular weight is 463 g/mol. The van der Waals surface area contributed by atoms with E-state index in [1.54, 1.807) is 18.0 Å². The van der Waals surface area contributed by atoms with Gasteiger partial charge in [-0.2, -0.15) is 0 Å². The molecule has 2 N–H and O–H groups in total. The number of aryl methyl sites for hydroxylation is 1. The summed E-state index contributed by atoms with van der Waals surface area (Å²) in [5.41, 5.74) is 3.08. The number of aromatic nitrogens is 1. The van der Waals surface area contributed by atoms with Crippen LogP contribution in [0.1, 0.15) is 5.69 Å². The molecule has 1 aliphatic rings. The first-order valence-electron chi connectivity index (χ1n) is 9.29. The molecule has 0 radical (unpaired) electrons. The molecule has 4 rings (SSSR count). The van der Waals surface area contributed by atoms with Crippen molar-refractivity contribution in [3.63, 3.8) is 0 Å². The van der Waals surface area contributed by atoms with Crippen LogP contribution < -0.4 is 14.9 Å². The summed E-state index contributed by atoms with van der Waals surface area (Å²) in [6.45, 7) is 3.16. The summed E-state index contributed by atoms with van der Waals surface area (Å²) in [6, 6.07) is 12.1. The highest BCUT2D eigenvalue weighted by Crippen LogP contribution is 2.34. The Morgan fingerprint density at radius 3 is 2.63 bits per heavy atom. The highest BCUT2D eigenvalue weighted by Gasteiger charge is 2.35. The Hall–Kier alpha value is -2.13. The van der Waals surface area contributed by atoms with Gasteiger partial charge >= 0.3 is 0 Å². The van der Waals surface area contributed by atoms with E-state index in [2.05, 4.69) is 9.88 Å². The zero-order valence-electron chi connectivity index (χ0n) is 16.4. The molecule has 5 nitrogen and oxygen atoms in total. The van der Waals surface area contributed by atoms with Crippen LogP contribution >= 0.6 is 34.9 Å². The smallest absolute Gasteiger partial charge is 0.235 e. The molecule has 0 aliphatic carbocycles. The van der Waals surface area contributed by atoms with Crippen LogP contribution in [0, 0.1) is 18.7 Å². The third kappa shape index (κ3) is 4.05. The highest BCUT2D eigenvalue weighted by atomic mass is 35.5. The van der Waals surface area contributed by atoms with Crippen molar-refractivity contribution in [3.05, 3.63) is 59.0 Å². The van der Waals surface area contributed by atoms with Crippen LogP contribution in [0.5, 0.6) is 0 Å². The summed E-state index contributed by atoms with van der Waals surface area (Å²) in [5, 5.41) is 6.79. The van der Waals surface area contributed by atoms with Gasteiger partial charge in [0, 0.05) is 36.4 Å². The Bertz CT molecular complexity index is 1080. The highest BCUT2D eigenvalue weighted by molar-refractivity contribution is 7.99. The summed E-state index contributed by atoms with van der Waals surface area (Å²) in [6.07, 6.45) is 0. The minimum atomic E-state index is -0.307. The minimum Gasteiger partial charge on any atom is -0.370 e. The number of rotatable bonds is 5. The molecule has 2 heterocycles. The monoisotopic (exact) mass is 462 g/mol. The lowest BCUT2D eigenvalue weighted by atomic mass is 9.97. The van der Waals surface area contributed by atoms with Gasteiger partial charge in [-0.05, 0) is 54.8 Å². The lowest BCUT2D eigenvalue weighted by Gasteiger charge is -2.41. The van der Waals surface area contributed by atoms with Gasteiger partial charge < -0.3 is 4.90 Å². The second-order valence-corrected chi connectivity index (χ2v) is 9.47. The Balaban J connectivity index is 1.40. The third-order valence-corrected chi connectivity index (χ3v) is 7.48. The van der Waals surface area contributed by atoms with Crippen LogP contribution in [0.25, 0.3) is 11.1 Å². The fraction of sp³-hybridized carbons (Fsp3) is 0.238. The maximum atomic E-state index is 14.1. The number of anilines is 2. The maximum absolute atomic E-state index is 14.1. The Morgan fingerprint density at radius 2 is 2.00 bits per heavy atom. The molecule has 1 fully saturated rings. The van der Waals surface area contributed by atoms with Gasteiger partial charge in [-0.15, -0.1) is 0 Å².